The van der Waals surface area contributed by atoms with E-state index in [-0.39, 0.29) is 18.0 Å². The smallest absolute Gasteiger partial charge is 0.374 e. The summed E-state index contributed by atoms with van der Waals surface area (Å²) in [6.07, 6.45) is 0. The van der Waals surface area contributed by atoms with Gasteiger partial charge in [-0.1, -0.05) is 0 Å². The monoisotopic (exact) mass is 236 g/mol. The van der Waals surface area contributed by atoms with Crippen LogP contribution in [0, 0.1) is 6.92 Å². The Morgan fingerprint density at radius 3 is 2.88 bits per heavy atom. The number of nitrogens with one attached hydrogen (secondary N) is 1. The van der Waals surface area contributed by atoms with Crippen molar-refractivity contribution in [2.75, 3.05) is 6.61 Å². The lowest BCUT2D eigenvalue weighted by Gasteiger charge is -2.01. The molecule has 0 spiro atoms. The highest BCUT2D eigenvalue weighted by molar-refractivity contribution is 5.88. The molecule has 0 unspecified atom stereocenters. The molecule has 0 bridgehead atoms. The predicted octanol–water partition coefficient (Wildman–Crippen LogP) is 0.142. The molecule has 1 N–H and O–H groups in total. The van der Waals surface area contributed by atoms with Gasteiger partial charge in [0.05, 0.1) is 12.3 Å². The van der Waals surface area contributed by atoms with Crippen LogP contribution in [-0.2, 0) is 11.8 Å². The summed E-state index contributed by atoms with van der Waals surface area (Å²) in [5.41, 5.74) is 0.560. The van der Waals surface area contributed by atoms with Crippen LogP contribution in [0.4, 0.5) is 0 Å². The molecule has 2 heterocycles. The standard InChI is InChI=1S/C10H12N4O3/c1-4-17-10(16)7-11-8-6(9(15)12-7)5(2)13-14(8)3/h4H2,1-3H3,(H,11,12,15). The number of H-pyrrole nitrogens is 1. The zero-order chi connectivity index (χ0) is 12.6. The first-order valence-corrected chi connectivity index (χ1v) is 5.15. The van der Waals surface area contributed by atoms with Gasteiger partial charge < -0.3 is 9.72 Å². The second kappa shape index (κ2) is 4.00. The molecule has 2 aromatic heterocycles. The zero-order valence-corrected chi connectivity index (χ0v) is 9.77. The lowest BCUT2D eigenvalue weighted by atomic mass is 10.3. The maximum absolute atomic E-state index is 11.8. The van der Waals surface area contributed by atoms with E-state index in [4.69, 9.17) is 4.74 Å². The minimum atomic E-state index is -0.648. The van der Waals surface area contributed by atoms with E-state index >= 15 is 0 Å². The van der Waals surface area contributed by atoms with Crippen molar-refractivity contribution in [1.82, 2.24) is 19.7 Å². The summed E-state index contributed by atoms with van der Waals surface area (Å²) >= 11 is 0. The van der Waals surface area contributed by atoms with Gasteiger partial charge in [-0.05, 0) is 13.8 Å². The first-order chi connectivity index (χ1) is 8.04. The van der Waals surface area contributed by atoms with E-state index in [0.29, 0.717) is 16.7 Å². The minimum absolute atomic E-state index is 0.104. The molecule has 90 valence electrons. The summed E-state index contributed by atoms with van der Waals surface area (Å²) in [5, 5.41) is 4.47. The van der Waals surface area contributed by atoms with E-state index in [1.807, 2.05) is 0 Å². The third-order valence-electron chi connectivity index (χ3n) is 2.34. The number of carbonyl (C=O) groups is 1. The summed E-state index contributed by atoms with van der Waals surface area (Å²) in [4.78, 5) is 29.7. The molecule has 0 amide bonds. The Kier molecular flexibility index (Phi) is 2.66. The fourth-order valence-electron chi connectivity index (χ4n) is 1.64. The number of nitrogens with zero attached hydrogens (tertiary/aromatic N) is 3. The van der Waals surface area contributed by atoms with Gasteiger partial charge in [-0.15, -0.1) is 0 Å². The largest absolute Gasteiger partial charge is 0.460 e. The topological polar surface area (TPSA) is 89.9 Å². The Morgan fingerprint density at radius 1 is 1.53 bits per heavy atom. The summed E-state index contributed by atoms with van der Waals surface area (Å²) in [6, 6.07) is 0. The highest BCUT2D eigenvalue weighted by Gasteiger charge is 2.16. The molecule has 7 nitrogen and oxygen atoms in total. The molecule has 0 fully saturated rings. The van der Waals surface area contributed by atoms with Crippen molar-refractivity contribution in [3.8, 4) is 0 Å². The van der Waals surface area contributed by atoms with Gasteiger partial charge in [0.15, 0.2) is 5.65 Å². The highest BCUT2D eigenvalue weighted by Crippen LogP contribution is 2.10. The van der Waals surface area contributed by atoms with Crippen LogP contribution < -0.4 is 5.56 Å². The Morgan fingerprint density at radius 2 is 2.24 bits per heavy atom. The summed E-state index contributed by atoms with van der Waals surface area (Å²) in [7, 11) is 1.66. The normalized spacial score (nSPS) is 10.8. The van der Waals surface area contributed by atoms with Crippen molar-refractivity contribution in [1.29, 1.82) is 0 Å². The molecule has 0 aromatic carbocycles. The maximum atomic E-state index is 11.8. The van der Waals surface area contributed by atoms with Gasteiger partial charge in [0.2, 0.25) is 5.82 Å². The van der Waals surface area contributed by atoms with Crippen molar-refractivity contribution in [2.24, 2.45) is 7.05 Å². The average Bonchev–Trinajstić information content (AvgIpc) is 2.55. The van der Waals surface area contributed by atoms with Gasteiger partial charge in [0, 0.05) is 7.05 Å². The van der Waals surface area contributed by atoms with Crippen LogP contribution >= 0.6 is 0 Å². The number of ether oxygens (including phenoxy) is 1. The molecule has 17 heavy (non-hydrogen) atoms. The van der Waals surface area contributed by atoms with Gasteiger partial charge in [0.1, 0.15) is 5.39 Å². The van der Waals surface area contributed by atoms with Crippen LogP contribution in [-0.4, -0.2) is 32.3 Å². The number of aryl methyl sites for hydroxylation is 2. The van der Waals surface area contributed by atoms with Gasteiger partial charge >= 0.3 is 5.97 Å². The molecule has 2 aromatic rings. The summed E-state index contributed by atoms with van der Waals surface area (Å²) < 4.78 is 6.24. The molecule has 0 radical (unpaired) electrons. The SMILES string of the molecule is CCOC(=O)c1nc2c(c(C)nn2C)c(=O)[nH]1. The van der Waals surface area contributed by atoms with Gasteiger partial charge in [-0.25, -0.2) is 14.5 Å². The number of hydrogen-bond acceptors (Lipinski definition) is 5. The number of esters is 1. The number of aromatic amines is 1. The third kappa shape index (κ3) is 1.79. The third-order valence-corrected chi connectivity index (χ3v) is 2.34. The second-order valence-corrected chi connectivity index (χ2v) is 3.54. The first kappa shape index (κ1) is 11.3. The first-order valence-electron chi connectivity index (χ1n) is 5.15. The number of rotatable bonds is 2. The Hall–Kier alpha value is -2.18. The van der Waals surface area contributed by atoms with Crippen LogP contribution in [0.1, 0.15) is 23.2 Å². The molecule has 0 aliphatic carbocycles. The van der Waals surface area contributed by atoms with Crippen molar-refractivity contribution in [3.05, 3.63) is 21.9 Å². The van der Waals surface area contributed by atoms with Gasteiger partial charge in [0.25, 0.3) is 5.56 Å². The molecule has 0 atom stereocenters. The molecular formula is C10H12N4O3. The summed E-state index contributed by atoms with van der Waals surface area (Å²) in [6.45, 7) is 3.62. The average molecular weight is 236 g/mol. The maximum Gasteiger partial charge on any atom is 0.374 e. The molecular weight excluding hydrogens is 224 g/mol. The lowest BCUT2D eigenvalue weighted by Crippen LogP contribution is -2.18. The molecule has 0 aliphatic heterocycles. The van der Waals surface area contributed by atoms with Gasteiger partial charge in [-0.2, -0.15) is 5.10 Å². The molecule has 0 saturated heterocycles. The second-order valence-electron chi connectivity index (χ2n) is 3.54. The Labute approximate surface area is 96.4 Å². The number of fused-ring (bicyclic) bond motifs is 1. The van der Waals surface area contributed by atoms with Gasteiger partial charge in [-0.3, -0.25) is 4.79 Å². The van der Waals surface area contributed by atoms with E-state index < -0.39 is 5.97 Å². The molecule has 2 rings (SSSR count). The van der Waals surface area contributed by atoms with Crippen molar-refractivity contribution in [3.63, 3.8) is 0 Å². The highest BCUT2D eigenvalue weighted by atomic mass is 16.5. The minimum Gasteiger partial charge on any atom is -0.460 e. The lowest BCUT2D eigenvalue weighted by molar-refractivity contribution is 0.0512. The summed E-state index contributed by atoms with van der Waals surface area (Å²) in [5.74, 6) is -0.752. The zero-order valence-electron chi connectivity index (χ0n) is 9.77. The van der Waals surface area contributed by atoms with E-state index in [0.717, 1.165) is 0 Å². The van der Waals surface area contributed by atoms with Crippen LogP contribution in [0.3, 0.4) is 0 Å². The Balaban J connectivity index is 2.67. The Bertz CT molecular complexity index is 641. The number of carbonyl (C=O) groups excluding carboxylic acids is 1. The fraction of sp³-hybridized carbons (Fsp3) is 0.400. The van der Waals surface area contributed by atoms with E-state index in [1.54, 1.807) is 20.9 Å². The predicted molar refractivity (Wildman–Crippen MR) is 59.8 cm³/mol. The van der Waals surface area contributed by atoms with Crippen LogP contribution in [0.25, 0.3) is 11.0 Å². The fourth-order valence-corrected chi connectivity index (χ4v) is 1.64. The molecule has 0 saturated carbocycles. The van der Waals surface area contributed by atoms with Crippen LogP contribution in [0.2, 0.25) is 0 Å². The number of aromatic nitrogens is 4. The number of hydrogen-bond donors (Lipinski definition) is 1. The molecule has 0 aliphatic rings. The van der Waals surface area contributed by atoms with Crippen LogP contribution in [0.15, 0.2) is 4.79 Å². The molecule has 7 heteroatoms. The van der Waals surface area contributed by atoms with Crippen LogP contribution in [0.5, 0.6) is 0 Å². The van der Waals surface area contributed by atoms with Crippen molar-refractivity contribution < 1.29 is 9.53 Å². The quantitative estimate of drug-likeness (QED) is 0.749. The van der Waals surface area contributed by atoms with E-state index in [9.17, 15) is 9.59 Å². The van der Waals surface area contributed by atoms with E-state index in [2.05, 4.69) is 15.1 Å². The van der Waals surface area contributed by atoms with Crippen molar-refractivity contribution in [2.45, 2.75) is 13.8 Å². The van der Waals surface area contributed by atoms with Crippen molar-refractivity contribution >= 4 is 17.0 Å². The van der Waals surface area contributed by atoms with E-state index in [1.165, 1.54) is 4.68 Å².